The number of hydrogen-bond donors (Lipinski definition) is 0. The van der Waals surface area contributed by atoms with Crippen LogP contribution in [0, 0.1) is 6.92 Å². The summed E-state index contributed by atoms with van der Waals surface area (Å²) >= 11 is 0. The standard InChI is InChI=1S/C25H14BNO2/c1-13-11-20-23-21(12-13)29-19-10-9-15-14-5-2-3-6-16(14)27-17-7-4-8-18(28-20)22(17)26(23)24(19)25(15)27/h2-12H,1H3. The van der Waals surface area contributed by atoms with Crippen molar-refractivity contribution in [3.05, 3.63) is 72.3 Å². The molecule has 4 aromatic carbocycles. The first kappa shape index (κ1) is 14.4. The SMILES string of the molecule is Cc1cc2c3c(c1)Oc1ccc4c5ccccc5n5c4c1B3c1c(cccc1-5)O2. The van der Waals surface area contributed by atoms with Gasteiger partial charge in [-0.15, -0.1) is 0 Å². The molecule has 0 fully saturated rings. The van der Waals surface area contributed by atoms with Gasteiger partial charge in [0.05, 0.1) is 11.0 Å². The monoisotopic (exact) mass is 371 g/mol. The maximum Gasteiger partial charge on any atom is 0.266 e. The zero-order valence-corrected chi connectivity index (χ0v) is 15.7. The Morgan fingerprint density at radius 3 is 2.34 bits per heavy atom. The highest BCUT2D eigenvalue weighted by atomic mass is 16.5. The lowest BCUT2D eigenvalue weighted by molar-refractivity contribution is 0.463. The van der Waals surface area contributed by atoms with Gasteiger partial charge in [0, 0.05) is 21.9 Å². The molecular formula is C25H14BNO2. The highest BCUT2D eigenvalue weighted by Gasteiger charge is 2.46. The van der Waals surface area contributed by atoms with Crippen molar-refractivity contribution in [3.63, 3.8) is 0 Å². The molecule has 29 heavy (non-hydrogen) atoms. The van der Waals surface area contributed by atoms with E-state index >= 15 is 0 Å². The molecule has 0 spiro atoms. The van der Waals surface area contributed by atoms with Gasteiger partial charge in [-0.25, -0.2) is 0 Å². The molecule has 0 N–H and O–H groups in total. The molecule has 0 saturated heterocycles. The summed E-state index contributed by atoms with van der Waals surface area (Å²) in [4.78, 5) is 0. The third kappa shape index (κ3) is 1.49. The number of aromatic nitrogens is 1. The van der Waals surface area contributed by atoms with E-state index in [9.17, 15) is 0 Å². The van der Waals surface area contributed by atoms with Crippen molar-refractivity contribution in [1.29, 1.82) is 0 Å². The highest BCUT2D eigenvalue weighted by molar-refractivity contribution is 7.00. The number of aryl methyl sites for hydroxylation is 1. The minimum Gasteiger partial charge on any atom is -0.458 e. The molecule has 4 heterocycles. The van der Waals surface area contributed by atoms with Crippen LogP contribution < -0.4 is 25.9 Å². The fourth-order valence-corrected chi connectivity index (χ4v) is 5.64. The van der Waals surface area contributed by atoms with Gasteiger partial charge >= 0.3 is 0 Å². The van der Waals surface area contributed by atoms with Gasteiger partial charge in [-0.2, -0.15) is 0 Å². The predicted octanol–water partition coefficient (Wildman–Crippen LogP) is 4.13. The number of rotatable bonds is 0. The van der Waals surface area contributed by atoms with Gasteiger partial charge in [0.2, 0.25) is 0 Å². The molecular weight excluding hydrogens is 357 g/mol. The van der Waals surface area contributed by atoms with Crippen LogP contribution in [0.4, 0.5) is 0 Å². The molecule has 0 radical (unpaired) electrons. The van der Waals surface area contributed by atoms with E-state index in [4.69, 9.17) is 9.47 Å². The predicted molar refractivity (Wildman–Crippen MR) is 117 cm³/mol. The Balaban J connectivity index is 1.67. The molecule has 134 valence electrons. The Bertz CT molecular complexity index is 1560. The average Bonchev–Trinajstić information content (AvgIpc) is 3.07. The Morgan fingerprint density at radius 1 is 0.690 bits per heavy atom. The third-order valence-corrected chi connectivity index (χ3v) is 6.67. The molecule has 0 amide bonds. The van der Waals surface area contributed by atoms with Crippen molar-refractivity contribution in [2.75, 3.05) is 0 Å². The summed E-state index contributed by atoms with van der Waals surface area (Å²) in [6.45, 7) is 2.23. The van der Waals surface area contributed by atoms with Crippen LogP contribution in [0.15, 0.2) is 66.7 Å². The van der Waals surface area contributed by atoms with E-state index in [1.54, 1.807) is 0 Å². The lowest BCUT2D eigenvalue weighted by atomic mass is 9.33. The van der Waals surface area contributed by atoms with E-state index in [1.807, 2.05) is 0 Å². The first-order valence-electron chi connectivity index (χ1n) is 9.99. The Labute approximate surface area is 167 Å². The average molecular weight is 371 g/mol. The first-order chi connectivity index (χ1) is 14.3. The van der Waals surface area contributed by atoms with Crippen LogP contribution in [0.25, 0.3) is 27.5 Å². The van der Waals surface area contributed by atoms with Crippen molar-refractivity contribution < 1.29 is 9.47 Å². The van der Waals surface area contributed by atoms with Crippen molar-refractivity contribution in [3.8, 4) is 28.7 Å². The lowest BCUT2D eigenvalue weighted by Gasteiger charge is -2.37. The summed E-state index contributed by atoms with van der Waals surface area (Å²) in [6, 6.07) is 23.7. The molecule has 3 nitrogen and oxygen atoms in total. The maximum atomic E-state index is 6.45. The van der Waals surface area contributed by atoms with Crippen LogP contribution in [0.2, 0.25) is 0 Å². The molecule has 0 unspecified atom stereocenters. The normalized spacial score (nSPS) is 14.2. The molecule has 0 bridgehead atoms. The molecule has 3 aliphatic rings. The summed E-state index contributed by atoms with van der Waals surface area (Å²) in [6.07, 6.45) is 0. The minimum atomic E-state index is 0.143. The van der Waals surface area contributed by atoms with Gasteiger partial charge in [-0.3, -0.25) is 0 Å². The molecule has 3 aliphatic heterocycles. The van der Waals surface area contributed by atoms with Crippen LogP contribution in [0.5, 0.6) is 23.0 Å². The van der Waals surface area contributed by atoms with Crippen LogP contribution in [0.3, 0.4) is 0 Å². The van der Waals surface area contributed by atoms with Gasteiger partial charge in [0.1, 0.15) is 23.0 Å². The number of fused-ring (bicyclic) bond motifs is 4. The van der Waals surface area contributed by atoms with E-state index in [-0.39, 0.29) is 6.71 Å². The van der Waals surface area contributed by atoms with Crippen LogP contribution in [-0.4, -0.2) is 11.3 Å². The van der Waals surface area contributed by atoms with Gasteiger partial charge in [0.15, 0.2) is 0 Å². The van der Waals surface area contributed by atoms with Crippen molar-refractivity contribution in [2.24, 2.45) is 0 Å². The van der Waals surface area contributed by atoms with Gasteiger partial charge in [-0.1, -0.05) is 24.3 Å². The molecule has 0 aliphatic carbocycles. The number of ether oxygens (including phenoxy) is 2. The second-order valence-electron chi connectivity index (χ2n) is 8.23. The van der Waals surface area contributed by atoms with Crippen molar-refractivity contribution in [1.82, 2.24) is 4.57 Å². The molecule has 1 aromatic heterocycles. The van der Waals surface area contributed by atoms with E-state index in [0.29, 0.717) is 0 Å². The van der Waals surface area contributed by atoms with Crippen molar-refractivity contribution in [2.45, 2.75) is 6.92 Å². The molecule has 5 aromatic rings. The molecule has 8 rings (SSSR count). The first-order valence-corrected chi connectivity index (χ1v) is 9.99. The number of para-hydroxylation sites is 1. The van der Waals surface area contributed by atoms with Crippen LogP contribution >= 0.6 is 0 Å². The Kier molecular flexibility index (Phi) is 2.22. The largest absolute Gasteiger partial charge is 0.458 e. The number of benzene rings is 4. The fraction of sp³-hybridized carbons (Fsp3) is 0.0400. The van der Waals surface area contributed by atoms with Crippen LogP contribution in [0.1, 0.15) is 5.56 Å². The zero-order valence-electron chi connectivity index (χ0n) is 15.7. The summed E-state index contributed by atoms with van der Waals surface area (Å²) in [7, 11) is 0. The Morgan fingerprint density at radius 2 is 1.48 bits per heavy atom. The number of hydrogen-bond acceptors (Lipinski definition) is 2. The summed E-state index contributed by atoms with van der Waals surface area (Å²) in [5.74, 6) is 3.74. The lowest BCUT2D eigenvalue weighted by Crippen LogP contribution is -2.60. The minimum absolute atomic E-state index is 0.143. The van der Waals surface area contributed by atoms with Crippen LogP contribution in [-0.2, 0) is 0 Å². The fourth-order valence-electron chi connectivity index (χ4n) is 5.64. The maximum absolute atomic E-state index is 6.45. The van der Waals surface area contributed by atoms with E-state index in [2.05, 4.69) is 78.2 Å². The zero-order chi connectivity index (χ0) is 18.9. The van der Waals surface area contributed by atoms with Gasteiger partial charge < -0.3 is 14.0 Å². The smallest absolute Gasteiger partial charge is 0.266 e. The third-order valence-electron chi connectivity index (χ3n) is 6.67. The topological polar surface area (TPSA) is 23.4 Å². The summed E-state index contributed by atoms with van der Waals surface area (Å²) in [5.41, 5.74) is 8.51. The Hall–Kier alpha value is -3.66. The second kappa shape index (κ2) is 4.49. The summed E-state index contributed by atoms with van der Waals surface area (Å²) in [5, 5.41) is 2.56. The van der Waals surface area contributed by atoms with E-state index in [1.165, 1.54) is 38.4 Å². The molecule has 4 heteroatoms. The molecule has 0 saturated carbocycles. The van der Waals surface area contributed by atoms with Gasteiger partial charge in [0.25, 0.3) is 6.71 Å². The highest BCUT2D eigenvalue weighted by Crippen LogP contribution is 2.42. The molecule has 0 atom stereocenters. The van der Waals surface area contributed by atoms with E-state index < -0.39 is 0 Å². The second-order valence-corrected chi connectivity index (χ2v) is 8.23. The van der Waals surface area contributed by atoms with Crippen molar-refractivity contribution >= 4 is 44.9 Å². The quantitative estimate of drug-likeness (QED) is 0.374. The number of nitrogens with zero attached hydrogens (tertiary/aromatic N) is 1. The van der Waals surface area contributed by atoms with Gasteiger partial charge in [-0.05, 0) is 65.9 Å². The summed E-state index contributed by atoms with van der Waals surface area (Å²) < 4.78 is 15.3. The van der Waals surface area contributed by atoms with E-state index in [0.717, 1.165) is 34.0 Å².